The Bertz CT molecular complexity index is 633. The fourth-order valence-corrected chi connectivity index (χ4v) is 2.37. The zero-order chi connectivity index (χ0) is 14.7. The molecule has 1 fully saturated rings. The van der Waals surface area contributed by atoms with Crippen molar-refractivity contribution in [3.63, 3.8) is 0 Å². The molecule has 0 radical (unpaired) electrons. The number of hydrogen-bond acceptors (Lipinski definition) is 5. The van der Waals surface area contributed by atoms with Crippen molar-refractivity contribution >= 4 is 28.6 Å². The second-order valence-electron chi connectivity index (χ2n) is 5.03. The van der Waals surface area contributed by atoms with Crippen molar-refractivity contribution < 1.29 is 9.53 Å². The number of carbonyl (C=O) groups excluding carboxylic acids is 1. The Morgan fingerprint density at radius 3 is 3.05 bits per heavy atom. The number of nitrogens with two attached hydrogens (primary N) is 1. The lowest BCUT2D eigenvalue weighted by atomic mass is 10.3. The van der Waals surface area contributed by atoms with Gasteiger partial charge in [0, 0.05) is 31.7 Å². The third-order valence-electron chi connectivity index (χ3n) is 3.50. The number of aromatic amines is 1. The third kappa shape index (κ3) is 3.25. The number of nitrogens with zero attached hydrogens (tertiary/aromatic N) is 2. The van der Waals surface area contributed by atoms with Gasteiger partial charge in [-0.15, -0.1) is 0 Å². The van der Waals surface area contributed by atoms with Gasteiger partial charge in [0.05, 0.1) is 24.2 Å². The van der Waals surface area contributed by atoms with E-state index >= 15 is 0 Å². The standard InChI is InChI=1S/C14H19N5O2/c15-10-1-2-11-12(9-10)18-14(17-11)16-4-3-13(20)19-5-7-21-8-6-19/h1-2,9H,3-8,15H2,(H2,16,17,18). The Morgan fingerprint density at radius 1 is 1.43 bits per heavy atom. The molecule has 112 valence electrons. The van der Waals surface area contributed by atoms with Crippen LogP contribution in [-0.4, -0.2) is 53.6 Å². The summed E-state index contributed by atoms with van der Waals surface area (Å²) in [5.74, 6) is 0.802. The number of fused-ring (bicyclic) bond motifs is 1. The van der Waals surface area contributed by atoms with E-state index in [2.05, 4.69) is 15.3 Å². The molecule has 0 atom stereocenters. The van der Waals surface area contributed by atoms with Gasteiger partial charge in [0.25, 0.3) is 0 Å². The molecule has 0 spiro atoms. The molecule has 21 heavy (non-hydrogen) atoms. The van der Waals surface area contributed by atoms with Gasteiger partial charge in [0.15, 0.2) is 0 Å². The Morgan fingerprint density at radius 2 is 2.24 bits per heavy atom. The second kappa shape index (κ2) is 6.01. The summed E-state index contributed by atoms with van der Waals surface area (Å²) in [6.07, 6.45) is 0.444. The highest BCUT2D eigenvalue weighted by Gasteiger charge is 2.16. The molecule has 0 bridgehead atoms. The number of benzene rings is 1. The molecular weight excluding hydrogens is 270 g/mol. The zero-order valence-electron chi connectivity index (χ0n) is 11.8. The highest BCUT2D eigenvalue weighted by Crippen LogP contribution is 2.17. The number of amides is 1. The number of aromatic nitrogens is 2. The van der Waals surface area contributed by atoms with Crippen LogP contribution in [0.5, 0.6) is 0 Å². The fraction of sp³-hybridized carbons (Fsp3) is 0.429. The largest absolute Gasteiger partial charge is 0.399 e. The maximum Gasteiger partial charge on any atom is 0.224 e. The van der Waals surface area contributed by atoms with Gasteiger partial charge in [0.1, 0.15) is 0 Å². The summed E-state index contributed by atoms with van der Waals surface area (Å²) in [7, 11) is 0. The summed E-state index contributed by atoms with van der Waals surface area (Å²) in [6.45, 7) is 3.17. The van der Waals surface area contributed by atoms with Crippen LogP contribution in [0.1, 0.15) is 6.42 Å². The number of nitrogens with one attached hydrogen (secondary N) is 2. The van der Waals surface area contributed by atoms with Crippen LogP contribution < -0.4 is 11.1 Å². The lowest BCUT2D eigenvalue weighted by molar-refractivity contribution is -0.134. The number of nitrogen functional groups attached to an aromatic ring is 1. The molecule has 0 unspecified atom stereocenters. The zero-order valence-corrected chi connectivity index (χ0v) is 11.8. The number of rotatable bonds is 4. The number of ether oxygens (including phenoxy) is 1. The molecule has 0 aliphatic carbocycles. The van der Waals surface area contributed by atoms with Gasteiger partial charge in [-0.3, -0.25) is 4.79 Å². The van der Waals surface area contributed by atoms with E-state index in [1.54, 1.807) is 0 Å². The van der Waals surface area contributed by atoms with Crippen LogP contribution in [0.15, 0.2) is 18.2 Å². The first kappa shape index (κ1) is 13.7. The van der Waals surface area contributed by atoms with Crippen LogP contribution in [0.3, 0.4) is 0 Å². The molecule has 1 amide bonds. The maximum absolute atomic E-state index is 12.0. The van der Waals surface area contributed by atoms with Crippen LogP contribution in [0.4, 0.5) is 11.6 Å². The van der Waals surface area contributed by atoms with Gasteiger partial charge in [-0.25, -0.2) is 4.98 Å². The summed E-state index contributed by atoms with van der Waals surface area (Å²) in [4.78, 5) is 21.4. The van der Waals surface area contributed by atoms with Gasteiger partial charge < -0.3 is 25.7 Å². The van der Waals surface area contributed by atoms with E-state index < -0.39 is 0 Å². The van der Waals surface area contributed by atoms with Gasteiger partial charge in [-0.1, -0.05) is 0 Å². The van der Waals surface area contributed by atoms with Crippen LogP contribution in [0, 0.1) is 0 Å². The molecular formula is C14H19N5O2. The van der Waals surface area contributed by atoms with E-state index in [1.807, 2.05) is 23.1 Å². The minimum atomic E-state index is 0.145. The van der Waals surface area contributed by atoms with Crippen LogP contribution in [0.25, 0.3) is 11.0 Å². The van der Waals surface area contributed by atoms with Crippen LogP contribution in [0.2, 0.25) is 0 Å². The summed E-state index contributed by atoms with van der Waals surface area (Å²) in [5.41, 5.74) is 8.16. The van der Waals surface area contributed by atoms with E-state index in [9.17, 15) is 4.79 Å². The quantitative estimate of drug-likeness (QED) is 0.724. The molecule has 7 nitrogen and oxygen atoms in total. The van der Waals surface area contributed by atoms with Gasteiger partial charge in [0.2, 0.25) is 11.9 Å². The molecule has 3 rings (SSSR count). The number of H-pyrrole nitrogens is 1. The molecule has 2 heterocycles. The maximum atomic E-state index is 12.0. The average molecular weight is 289 g/mol. The van der Waals surface area contributed by atoms with Gasteiger partial charge in [-0.2, -0.15) is 0 Å². The molecule has 1 aromatic carbocycles. The minimum absolute atomic E-state index is 0.145. The monoisotopic (exact) mass is 289 g/mol. The van der Waals surface area contributed by atoms with Crippen molar-refractivity contribution in [2.24, 2.45) is 0 Å². The van der Waals surface area contributed by atoms with Gasteiger partial charge in [-0.05, 0) is 18.2 Å². The van der Waals surface area contributed by atoms with Crippen LogP contribution in [-0.2, 0) is 9.53 Å². The Hall–Kier alpha value is -2.28. The van der Waals surface area contributed by atoms with Gasteiger partial charge >= 0.3 is 0 Å². The Kier molecular flexibility index (Phi) is 3.92. The van der Waals surface area contributed by atoms with E-state index in [1.165, 1.54) is 0 Å². The van der Waals surface area contributed by atoms with Crippen molar-refractivity contribution in [1.82, 2.24) is 14.9 Å². The number of hydrogen-bond donors (Lipinski definition) is 3. The second-order valence-corrected chi connectivity index (χ2v) is 5.03. The molecule has 4 N–H and O–H groups in total. The predicted molar refractivity (Wildman–Crippen MR) is 81.0 cm³/mol. The summed E-state index contributed by atoms with van der Waals surface area (Å²) >= 11 is 0. The molecule has 1 aliphatic rings. The van der Waals surface area contributed by atoms with Crippen molar-refractivity contribution in [3.8, 4) is 0 Å². The highest BCUT2D eigenvalue weighted by molar-refractivity contribution is 5.81. The first-order chi connectivity index (χ1) is 10.2. The first-order valence-electron chi connectivity index (χ1n) is 7.07. The lowest BCUT2D eigenvalue weighted by Crippen LogP contribution is -2.41. The number of morpholine rings is 1. The number of carbonyl (C=O) groups is 1. The Labute approximate surface area is 122 Å². The Balaban J connectivity index is 1.53. The fourth-order valence-electron chi connectivity index (χ4n) is 2.37. The van der Waals surface area contributed by atoms with Crippen molar-refractivity contribution in [2.45, 2.75) is 6.42 Å². The van der Waals surface area contributed by atoms with E-state index in [0.717, 1.165) is 11.0 Å². The molecule has 1 aliphatic heterocycles. The highest BCUT2D eigenvalue weighted by atomic mass is 16.5. The molecule has 0 saturated carbocycles. The van der Waals surface area contributed by atoms with E-state index in [0.29, 0.717) is 50.9 Å². The molecule has 7 heteroatoms. The van der Waals surface area contributed by atoms with E-state index in [4.69, 9.17) is 10.5 Å². The average Bonchev–Trinajstić information content (AvgIpc) is 2.89. The molecule has 2 aromatic rings. The lowest BCUT2D eigenvalue weighted by Gasteiger charge is -2.26. The normalized spacial score (nSPS) is 15.3. The molecule has 1 aromatic heterocycles. The summed E-state index contributed by atoms with van der Waals surface area (Å²) in [6, 6.07) is 5.52. The summed E-state index contributed by atoms with van der Waals surface area (Å²) < 4.78 is 5.23. The number of anilines is 2. The third-order valence-corrected chi connectivity index (χ3v) is 3.50. The van der Waals surface area contributed by atoms with Crippen molar-refractivity contribution in [3.05, 3.63) is 18.2 Å². The summed E-state index contributed by atoms with van der Waals surface area (Å²) in [5, 5.41) is 3.14. The first-order valence-corrected chi connectivity index (χ1v) is 7.07. The smallest absolute Gasteiger partial charge is 0.224 e. The molecule has 1 saturated heterocycles. The van der Waals surface area contributed by atoms with E-state index in [-0.39, 0.29) is 5.91 Å². The predicted octanol–water partition coefficient (Wildman–Crippen LogP) is 0.806. The van der Waals surface area contributed by atoms with Crippen molar-refractivity contribution in [2.75, 3.05) is 43.9 Å². The van der Waals surface area contributed by atoms with Crippen LogP contribution >= 0.6 is 0 Å². The topological polar surface area (TPSA) is 96.3 Å². The minimum Gasteiger partial charge on any atom is -0.399 e. The van der Waals surface area contributed by atoms with Crippen molar-refractivity contribution in [1.29, 1.82) is 0 Å². The number of imidazole rings is 1. The SMILES string of the molecule is Nc1ccc2nc(NCCC(=O)N3CCOCC3)[nH]c2c1.